The second-order valence-corrected chi connectivity index (χ2v) is 9.16. The number of fused-ring (bicyclic) bond motifs is 1. The summed E-state index contributed by atoms with van der Waals surface area (Å²) < 4.78 is 7.61. The summed E-state index contributed by atoms with van der Waals surface area (Å²) in [7, 11) is 0. The molecule has 6 heteroatoms. The van der Waals surface area contributed by atoms with Crippen molar-refractivity contribution in [1.29, 1.82) is 0 Å². The van der Waals surface area contributed by atoms with Crippen molar-refractivity contribution in [2.75, 3.05) is 11.9 Å². The molecule has 0 aliphatic carbocycles. The SMILES string of the molecule is CCCCc1ccc2nc(NC(=O)COc3ccc(-c4ccccc4)cc3Br)sc2c1. The number of hydrogen-bond donors (Lipinski definition) is 1. The van der Waals surface area contributed by atoms with Crippen LogP contribution in [0.2, 0.25) is 0 Å². The summed E-state index contributed by atoms with van der Waals surface area (Å²) in [5.74, 6) is 0.393. The first-order valence-electron chi connectivity index (χ1n) is 10.3. The van der Waals surface area contributed by atoms with Gasteiger partial charge in [-0.2, -0.15) is 0 Å². The third-order valence-electron chi connectivity index (χ3n) is 4.92. The number of hydrogen-bond acceptors (Lipinski definition) is 4. The Morgan fingerprint density at radius 1 is 1.06 bits per heavy atom. The van der Waals surface area contributed by atoms with E-state index < -0.39 is 0 Å². The Balaban J connectivity index is 1.37. The molecule has 0 fully saturated rings. The van der Waals surface area contributed by atoms with E-state index in [0.29, 0.717) is 10.9 Å². The molecular formula is C25H23BrN2O2S. The fourth-order valence-electron chi connectivity index (χ4n) is 3.29. The molecule has 1 amide bonds. The van der Waals surface area contributed by atoms with Crippen molar-refractivity contribution in [3.8, 4) is 16.9 Å². The number of benzene rings is 3. The van der Waals surface area contributed by atoms with Gasteiger partial charge in [-0.05, 0) is 69.7 Å². The number of aromatic nitrogens is 1. The Morgan fingerprint density at radius 3 is 2.68 bits per heavy atom. The van der Waals surface area contributed by atoms with Gasteiger partial charge in [0.1, 0.15) is 5.75 Å². The number of unbranched alkanes of at least 4 members (excludes halogenated alkanes) is 1. The Bertz CT molecular complexity index is 1190. The average molecular weight is 495 g/mol. The van der Waals surface area contributed by atoms with Crippen LogP contribution in [0.4, 0.5) is 5.13 Å². The molecule has 1 heterocycles. The van der Waals surface area contributed by atoms with Crippen molar-refractivity contribution in [3.05, 3.63) is 76.8 Å². The molecule has 0 atom stereocenters. The molecule has 0 radical (unpaired) electrons. The van der Waals surface area contributed by atoms with Crippen molar-refractivity contribution in [1.82, 2.24) is 4.98 Å². The maximum Gasteiger partial charge on any atom is 0.264 e. The first kappa shape index (κ1) is 21.5. The third kappa shape index (κ3) is 5.51. The number of ether oxygens (including phenoxy) is 1. The Labute approximate surface area is 194 Å². The summed E-state index contributed by atoms with van der Waals surface area (Å²) in [6.45, 7) is 2.11. The lowest BCUT2D eigenvalue weighted by Gasteiger charge is -2.09. The molecular weight excluding hydrogens is 472 g/mol. The van der Waals surface area contributed by atoms with Crippen molar-refractivity contribution in [2.24, 2.45) is 0 Å². The molecule has 0 aliphatic rings. The highest BCUT2D eigenvalue weighted by Crippen LogP contribution is 2.31. The van der Waals surface area contributed by atoms with E-state index >= 15 is 0 Å². The molecule has 4 aromatic rings. The summed E-state index contributed by atoms with van der Waals surface area (Å²) >= 11 is 5.03. The predicted octanol–water partition coefficient (Wildman–Crippen LogP) is 7.09. The summed E-state index contributed by atoms with van der Waals surface area (Å²) in [6.07, 6.45) is 3.41. The molecule has 0 saturated heterocycles. The van der Waals surface area contributed by atoms with Gasteiger partial charge in [0, 0.05) is 0 Å². The number of anilines is 1. The number of carbonyl (C=O) groups excluding carboxylic acids is 1. The number of rotatable bonds is 8. The highest BCUT2D eigenvalue weighted by molar-refractivity contribution is 9.10. The number of thiazole rings is 1. The van der Waals surface area contributed by atoms with Gasteiger partial charge in [-0.3, -0.25) is 10.1 Å². The minimum Gasteiger partial charge on any atom is -0.483 e. The molecule has 1 N–H and O–H groups in total. The maximum atomic E-state index is 12.4. The van der Waals surface area contributed by atoms with Gasteiger partial charge in [0.15, 0.2) is 11.7 Å². The third-order valence-corrected chi connectivity index (χ3v) is 6.47. The molecule has 158 valence electrons. The second kappa shape index (κ2) is 10.1. The van der Waals surface area contributed by atoms with Crippen LogP contribution in [-0.2, 0) is 11.2 Å². The summed E-state index contributed by atoms with van der Waals surface area (Å²) in [6, 6.07) is 22.3. The zero-order valence-electron chi connectivity index (χ0n) is 17.2. The number of aryl methyl sites for hydroxylation is 1. The molecule has 1 aromatic heterocycles. The van der Waals surface area contributed by atoms with Gasteiger partial charge in [0.25, 0.3) is 5.91 Å². The lowest BCUT2D eigenvalue weighted by Crippen LogP contribution is -2.20. The van der Waals surface area contributed by atoms with Crippen LogP contribution in [0.25, 0.3) is 21.3 Å². The smallest absolute Gasteiger partial charge is 0.264 e. The first-order valence-corrected chi connectivity index (χ1v) is 11.9. The van der Waals surface area contributed by atoms with Crippen molar-refractivity contribution in [2.45, 2.75) is 26.2 Å². The van der Waals surface area contributed by atoms with Gasteiger partial charge >= 0.3 is 0 Å². The maximum absolute atomic E-state index is 12.4. The Hall–Kier alpha value is -2.70. The van der Waals surface area contributed by atoms with Crippen LogP contribution in [0.3, 0.4) is 0 Å². The van der Waals surface area contributed by atoms with Crippen LogP contribution in [0.5, 0.6) is 5.75 Å². The molecule has 3 aromatic carbocycles. The van der Waals surface area contributed by atoms with Crippen LogP contribution >= 0.6 is 27.3 Å². The standard InChI is InChI=1S/C25H23BrN2O2S/c1-2-3-7-17-10-12-21-23(14-17)31-25(27-21)28-24(29)16-30-22-13-11-19(15-20(22)26)18-8-5-4-6-9-18/h4-6,8-15H,2-3,7,16H2,1H3,(H,27,28,29). The summed E-state index contributed by atoms with van der Waals surface area (Å²) in [4.78, 5) is 16.9. The van der Waals surface area contributed by atoms with Crippen LogP contribution in [0.15, 0.2) is 71.2 Å². The van der Waals surface area contributed by atoms with E-state index in [-0.39, 0.29) is 12.5 Å². The van der Waals surface area contributed by atoms with Gasteiger partial charge in [-0.1, -0.05) is 67.1 Å². The molecule has 0 spiro atoms. The number of nitrogens with zero attached hydrogens (tertiary/aromatic N) is 1. The van der Waals surface area contributed by atoms with Crippen molar-refractivity contribution in [3.63, 3.8) is 0 Å². The molecule has 0 aliphatic heterocycles. The highest BCUT2D eigenvalue weighted by Gasteiger charge is 2.11. The van der Waals surface area contributed by atoms with Gasteiger partial charge < -0.3 is 4.74 Å². The van der Waals surface area contributed by atoms with E-state index in [1.807, 2.05) is 42.5 Å². The normalized spacial score (nSPS) is 10.9. The first-order chi connectivity index (χ1) is 15.1. The minimum absolute atomic E-state index is 0.0824. The molecule has 0 unspecified atom stereocenters. The van der Waals surface area contributed by atoms with Crippen molar-refractivity contribution >= 4 is 48.5 Å². The van der Waals surface area contributed by atoms with E-state index in [1.165, 1.54) is 29.7 Å². The van der Waals surface area contributed by atoms with Crippen LogP contribution in [0.1, 0.15) is 25.3 Å². The highest BCUT2D eigenvalue weighted by atomic mass is 79.9. The lowest BCUT2D eigenvalue weighted by atomic mass is 10.1. The van der Waals surface area contributed by atoms with Gasteiger partial charge in [0.05, 0.1) is 14.7 Å². The minimum atomic E-state index is -0.232. The van der Waals surface area contributed by atoms with Crippen molar-refractivity contribution < 1.29 is 9.53 Å². The Kier molecular flexibility index (Phi) is 6.99. The quantitative estimate of drug-likeness (QED) is 0.284. The molecule has 0 saturated carbocycles. The average Bonchev–Trinajstić information content (AvgIpc) is 3.18. The zero-order chi connectivity index (χ0) is 21.6. The summed E-state index contributed by atoms with van der Waals surface area (Å²) in [5, 5.41) is 3.44. The fraction of sp³-hybridized carbons (Fsp3) is 0.200. The number of carbonyl (C=O) groups is 1. The zero-order valence-corrected chi connectivity index (χ0v) is 19.6. The molecule has 4 nitrogen and oxygen atoms in total. The van der Waals surface area contributed by atoms with Gasteiger partial charge in [-0.25, -0.2) is 4.98 Å². The number of halogens is 1. The summed E-state index contributed by atoms with van der Waals surface area (Å²) in [5.41, 5.74) is 4.42. The fourth-order valence-corrected chi connectivity index (χ4v) is 4.72. The topological polar surface area (TPSA) is 51.2 Å². The number of amides is 1. The van der Waals surface area contributed by atoms with Gasteiger partial charge in [0.2, 0.25) is 0 Å². The monoisotopic (exact) mass is 494 g/mol. The lowest BCUT2D eigenvalue weighted by molar-refractivity contribution is -0.118. The number of nitrogens with one attached hydrogen (secondary N) is 1. The van der Waals surface area contributed by atoms with E-state index in [1.54, 1.807) is 0 Å². The van der Waals surface area contributed by atoms with E-state index in [4.69, 9.17) is 4.74 Å². The predicted molar refractivity (Wildman–Crippen MR) is 132 cm³/mol. The van der Waals surface area contributed by atoms with Crippen LogP contribution < -0.4 is 10.1 Å². The van der Waals surface area contributed by atoms with E-state index in [9.17, 15) is 4.79 Å². The van der Waals surface area contributed by atoms with Crippen LogP contribution in [-0.4, -0.2) is 17.5 Å². The molecule has 4 rings (SSSR count). The molecule has 31 heavy (non-hydrogen) atoms. The van der Waals surface area contributed by atoms with E-state index in [2.05, 4.69) is 57.4 Å². The van der Waals surface area contributed by atoms with E-state index in [0.717, 1.165) is 32.2 Å². The second-order valence-electron chi connectivity index (χ2n) is 7.27. The molecule has 0 bridgehead atoms. The Morgan fingerprint density at radius 2 is 1.90 bits per heavy atom. The largest absolute Gasteiger partial charge is 0.483 e. The van der Waals surface area contributed by atoms with Gasteiger partial charge in [-0.15, -0.1) is 0 Å². The van der Waals surface area contributed by atoms with Crippen LogP contribution in [0, 0.1) is 0 Å².